The Morgan fingerprint density at radius 3 is 2.89 bits per heavy atom. The van der Waals surface area contributed by atoms with E-state index in [4.69, 9.17) is 5.73 Å². The zero-order chi connectivity index (χ0) is 13.0. The third-order valence-electron chi connectivity index (χ3n) is 3.35. The van der Waals surface area contributed by atoms with Crippen molar-refractivity contribution in [3.63, 3.8) is 0 Å². The molecule has 19 heavy (non-hydrogen) atoms. The summed E-state index contributed by atoms with van der Waals surface area (Å²) in [4.78, 5) is 8.85. The Balaban J connectivity index is 2.05. The lowest BCUT2D eigenvalue weighted by molar-refractivity contribution is 0.310. The molecule has 3 aromatic heterocycles. The summed E-state index contributed by atoms with van der Waals surface area (Å²) < 4.78 is 6.85. The molecule has 0 bridgehead atoms. The van der Waals surface area contributed by atoms with Crippen LogP contribution < -0.4 is 5.73 Å². The molecule has 1 saturated carbocycles. The summed E-state index contributed by atoms with van der Waals surface area (Å²) in [6, 6.07) is 2.49. The number of anilines is 1. The second kappa shape index (κ2) is 3.53. The SMILES string of the molecule is Cc1cc2c(cn1)nc(-c1nonc1N)n2C1CC1. The number of nitrogens with two attached hydrogens (primary N) is 1. The Kier molecular flexibility index (Phi) is 1.95. The van der Waals surface area contributed by atoms with E-state index in [-0.39, 0.29) is 5.82 Å². The van der Waals surface area contributed by atoms with Gasteiger partial charge in [0.15, 0.2) is 17.3 Å². The molecule has 96 valence electrons. The molecule has 0 amide bonds. The molecule has 2 N–H and O–H groups in total. The Labute approximate surface area is 108 Å². The van der Waals surface area contributed by atoms with E-state index in [1.54, 1.807) is 6.20 Å². The van der Waals surface area contributed by atoms with E-state index in [2.05, 4.69) is 29.5 Å². The van der Waals surface area contributed by atoms with Gasteiger partial charge in [0.2, 0.25) is 0 Å². The predicted molar refractivity (Wildman–Crippen MR) is 68.2 cm³/mol. The van der Waals surface area contributed by atoms with E-state index >= 15 is 0 Å². The van der Waals surface area contributed by atoms with Gasteiger partial charge in [-0.2, -0.15) is 0 Å². The van der Waals surface area contributed by atoms with Crippen LogP contribution in [0.25, 0.3) is 22.6 Å². The van der Waals surface area contributed by atoms with Gasteiger partial charge < -0.3 is 10.3 Å². The molecule has 1 aliphatic rings. The zero-order valence-corrected chi connectivity index (χ0v) is 10.4. The molecular formula is C12H12N6O. The van der Waals surface area contributed by atoms with Gasteiger partial charge in [0, 0.05) is 11.7 Å². The Morgan fingerprint density at radius 2 is 2.21 bits per heavy atom. The smallest absolute Gasteiger partial charge is 0.199 e. The van der Waals surface area contributed by atoms with Gasteiger partial charge in [0.05, 0.1) is 11.7 Å². The molecule has 0 aliphatic heterocycles. The lowest BCUT2D eigenvalue weighted by Gasteiger charge is -2.05. The number of fused-ring (bicyclic) bond motifs is 1. The maximum Gasteiger partial charge on any atom is 0.199 e. The fourth-order valence-corrected chi connectivity index (χ4v) is 2.32. The largest absolute Gasteiger partial charge is 0.379 e. The van der Waals surface area contributed by atoms with Crippen LogP contribution in [0.1, 0.15) is 24.6 Å². The summed E-state index contributed by atoms with van der Waals surface area (Å²) in [5, 5.41) is 7.48. The molecule has 0 saturated heterocycles. The first-order valence-electron chi connectivity index (χ1n) is 6.17. The monoisotopic (exact) mass is 256 g/mol. The summed E-state index contributed by atoms with van der Waals surface area (Å²) >= 11 is 0. The van der Waals surface area contributed by atoms with Crippen molar-refractivity contribution in [2.75, 3.05) is 5.73 Å². The van der Waals surface area contributed by atoms with Gasteiger partial charge in [-0.3, -0.25) is 4.98 Å². The molecule has 7 heteroatoms. The van der Waals surface area contributed by atoms with Gasteiger partial charge in [-0.1, -0.05) is 0 Å². The predicted octanol–water partition coefficient (Wildman–Crippen LogP) is 1.71. The highest BCUT2D eigenvalue weighted by Gasteiger charge is 2.30. The lowest BCUT2D eigenvalue weighted by Crippen LogP contribution is -2.00. The van der Waals surface area contributed by atoms with E-state index in [0.29, 0.717) is 17.6 Å². The van der Waals surface area contributed by atoms with Gasteiger partial charge in [-0.15, -0.1) is 0 Å². The quantitative estimate of drug-likeness (QED) is 0.749. The fraction of sp³-hybridized carbons (Fsp3) is 0.333. The highest BCUT2D eigenvalue weighted by atomic mass is 16.6. The summed E-state index contributed by atoms with van der Waals surface area (Å²) in [7, 11) is 0. The van der Waals surface area contributed by atoms with Crippen LogP contribution in [0.4, 0.5) is 5.82 Å². The molecule has 0 aromatic carbocycles. The second-order valence-electron chi connectivity index (χ2n) is 4.85. The maximum atomic E-state index is 5.78. The Bertz CT molecular complexity index is 770. The van der Waals surface area contributed by atoms with Crippen LogP contribution in [0.3, 0.4) is 0 Å². The third-order valence-corrected chi connectivity index (χ3v) is 3.35. The molecule has 1 fully saturated rings. The third kappa shape index (κ3) is 1.51. The molecule has 3 heterocycles. The topological polar surface area (TPSA) is 95.7 Å². The van der Waals surface area contributed by atoms with Gasteiger partial charge in [0.1, 0.15) is 5.52 Å². The number of hydrogen-bond acceptors (Lipinski definition) is 6. The van der Waals surface area contributed by atoms with Crippen molar-refractivity contribution in [2.24, 2.45) is 0 Å². The van der Waals surface area contributed by atoms with Gasteiger partial charge >= 0.3 is 0 Å². The fourth-order valence-electron chi connectivity index (χ4n) is 2.32. The van der Waals surface area contributed by atoms with Crippen molar-refractivity contribution in [1.82, 2.24) is 24.8 Å². The molecule has 0 spiro atoms. The number of hydrogen-bond donors (Lipinski definition) is 1. The average Bonchev–Trinajstić information content (AvgIpc) is 3.03. The first-order valence-corrected chi connectivity index (χ1v) is 6.17. The minimum Gasteiger partial charge on any atom is -0.379 e. The molecule has 3 aromatic rings. The van der Waals surface area contributed by atoms with Crippen LogP contribution in [-0.4, -0.2) is 24.8 Å². The highest BCUT2D eigenvalue weighted by molar-refractivity contribution is 5.81. The van der Waals surface area contributed by atoms with E-state index in [0.717, 1.165) is 29.6 Å². The normalized spacial score (nSPS) is 15.2. The standard InChI is InChI=1S/C12H12N6O/c1-6-4-9-8(5-14-6)15-12(18(9)7-2-3-7)10-11(13)17-19-16-10/h4-5,7H,2-3H2,1H3,(H2,13,17). The van der Waals surface area contributed by atoms with Crippen molar-refractivity contribution in [1.29, 1.82) is 0 Å². The molecule has 0 atom stereocenters. The van der Waals surface area contributed by atoms with Gasteiger partial charge in [-0.05, 0) is 36.1 Å². The van der Waals surface area contributed by atoms with Crippen LogP contribution in [0.5, 0.6) is 0 Å². The number of aromatic nitrogens is 5. The van der Waals surface area contributed by atoms with Crippen molar-refractivity contribution < 1.29 is 4.63 Å². The number of aryl methyl sites for hydroxylation is 1. The minimum atomic E-state index is 0.266. The van der Waals surface area contributed by atoms with Crippen molar-refractivity contribution >= 4 is 16.9 Å². The molecule has 4 rings (SSSR count). The van der Waals surface area contributed by atoms with Gasteiger partial charge in [-0.25, -0.2) is 9.61 Å². The Hall–Kier alpha value is -2.44. The molecule has 1 aliphatic carbocycles. The van der Waals surface area contributed by atoms with Crippen LogP contribution >= 0.6 is 0 Å². The van der Waals surface area contributed by atoms with Gasteiger partial charge in [0.25, 0.3) is 0 Å². The summed E-state index contributed by atoms with van der Waals surface area (Å²) in [5.74, 6) is 0.977. The zero-order valence-electron chi connectivity index (χ0n) is 10.4. The van der Waals surface area contributed by atoms with Crippen LogP contribution in [0, 0.1) is 6.92 Å². The number of nitrogens with zero attached hydrogens (tertiary/aromatic N) is 5. The number of rotatable bonds is 2. The Morgan fingerprint density at radius 1 is 1.37 bits per heavy atom. The van der Waals surface area contributed by atoms with Crippen LogP contribution in [0.15, 0.2) is 16.9 Å². The molecule has 0 radical (unpaired) electrons. The van der Waals surface area contributed by atoms with E-state index in [1.807, 2.05) is 13.0 Å². The summed E-state index contributed by atoms with van der Waals surface area (Å²) in [6.07, 6.45) is 4.06. The number of nitrogen functional groups attached to an aromatic ring is 1. The highest BCUT2D eigenvalue weighted by Crippen LogP contribution is 2.41. The van der Waals surface area contributed by atoms with Crippen LogP contribution in [-0.2, 0) is 0 Å². The van der Waals surface area contributed by atoms with Crippen molar-refractivity contribution in [3.8, 4) is 11.5 Å². The molecule has 7 nitrogen and oxygen atoms in total. The van der Waals surface area contributed by atoms with E-state index in [1.165, 1.54) is 0 Å². The number of pyridine rings is 1. The number of imidazole rings is 1. The molecule has 0 unspecified atom stereocenters. The maximum absolute atomic E-state index is 5.78. The second-order valence-corrected chi connectivity index (χ2v) is 4.85. The first kappa shape index (κ1) is 10.5. The molecular weight excluding hydrogens is 244 g/mol. The average molecular weight is 256 g/mol. The van der Waals surface area contributed by atoms with E-state index < -0.39 is 0 Å². The minimum absolute atomic E-state index is 0.266. The van der Waals surface area contributed by atoms with Crippen molar-refractivity contribution in [3.05, 3.63) is 18.0 Å². The first-order chi connectivity index (χ1) is 9.24. The lowest BCUT2D eigenvalue weighted by atomic mass is 10.3. The van der Waals surface area contributed by atoms with E-state index in [9.17, 15) is 0 Å². The summed E-state index contributed by atoms with van der Waals surface area (Å²) in [5.41, 5.74) is 9.15. The van der Waals surface area contributed by atoms with Crippen molar-refractivity contribution in [2.45, 2.75) is 25.8 Å². The summed E-state index contributed by atoms with van der Waals surface area (Å²) in [6.45, 7) is 1.97. The van der Waals surface area contributed by atoms with Crippen LogP contribution in [0.2, 0.25) is 0 Å².